The zero-order valence-corrected chi connectivity index (χ0v) is 9.33. The van der Waals surface area contributed by atoms with Crippen molar-refractivity contribution in [3.63, 3.8) is 0 Å². The molecular weight excluding hydrogens is 194 g/mol. The smallest absolute Gasteiger partial charge is 0.109 e. The number of nitrogens with two attached hydrogens (primary N) is 1. The number of nitrogens with zero attached hydrogens (tertiary/aromatic N) is 2. The molecule has 2 N–H and O–H groups in total. The van der Waals surface area contributed by atoms with Crippen molar-refractivity contribution in [3.8, 4) is 0 Å². The summed E-state index contributed by atoms with van der Waals surface area (Å²) in [5.41, 5.74) is 5.76. The first-order valence-corrected chi connectivity index (χ1v) is 6.06. The molecule has 0 unspecified atom stereocenters. The van der Waals surface area contributed by atoms with Crippen molar-refractivity contribution < 1.29 is 0 Å². The van der Waals surface area contributed by atoms with Crippen LogP contribution in [0.3, 0.4) is 0 Å². The van der Waals surface area contributed by atoms with Gasteiger partial charge in [-0.3, -0.25) is 4.90 Å². The van der Waals surface area contributed by atoms with Gasteiger partial charge in [-0.25, -0.2) is 4.98 Å². The minimum atomic E-state index is 0.436. The van der Waals surface area contributed by atoms with Gasteiger partial charge in [-0.2, -0.15) is 0 Å². The molecule has 2 atom stereocenters. The molecule has 1 aliphatic heterocycles. The van der Waals surface area contributed by atoms with Gasteiger partial charge in [0, 0.05) is 24.2 Å². The highest BCUT2D eigenvalue weighted by Crippen LogP contribution is 2.29. The van der Waals surface area contributed by atoms with Crippen LogP contribution in [0.25, 0.3) is 0 Å². The monoisotopic (exact) mass is 211 g/mol. The van der Waals surface area contributed by atoms with Crippen molar-refractivity contribution in [2.24, 2.45) is 5.73 Å². The fourth-order valence-electron chi connectivity index (χ4n) is 2.20. The van der Waals surface area contributed by atoms with Crippen LogP contribution >= 0.6 is 11.3 Å². The van der Waals surface area contributed by atoms with Gasteiger partial charge in [0.15, 0.2) is 0 Å². The summed E-state index contributed by atoms with van der Waals surface area (Å²) in [4.78, 5) is 6.85. The van der Waals surface area contributed by atoms with Gasteiger partial charge < -0.3 is 5.73 Å². The fraction of sp³-hybridized carbons (Fsp3) is 0.700. The second kappa shape index (κ2) is 4.38. The van der Waals surface area contributed by atoms with E-state index in [0.29, 0.717) is 12.1 Å². The highest BCUT2D eigenvalue weighted by molar-refractivity contribution is 7.09. The lowest BCUT2D eigenvalue weighted by molar-refractivity contribution is 0.196. The number of rotatable bonds is 3. The van der Waals surface area contributed by atoms with Crippen LogP contribution in [0.1, 0.15) is 30.8 Å². The van der Waals surface area contributed by atoms with Crippen molar-refractivity contribution in [1.29, 1.82) is 0 Å². The van der Waals surface area contributed by atoms with Gasteiger partial charge in [0.25, 0.3) is 0 Å². The van der Waals surface area contributed by atoms with E-state index in [4.69, 9.17) is 5.73 Å². The molecule has 0 aromatic carbocycles. The van der Waals surface area contributed by atoms with Crippen LogP contribution in [-0.4, -0.2) is 29.0 Å². The molecular formula is C10H17N3S. The first-order valence-electron chi connectivity index (χ1n) is 5.18. The van der Waals surface area contributed by atoms with Gasteiger partial charge in [-0.05, 0) is 26.3 Å². The molecule has 3 nitrogen and oxygen atoms in total. The second-order valence-electron chi connectivity index (χ2n) is 3.82. The van der Waals surface area contributed by atoms with Gasteiger partial charge in [-0.1, -0.05) is 0 Å². The predicted molar refractivity (Wildman–Crippen MR) is 59.3 cm³/mol. The van der Waals surface area contributed by atoms with Crippen molar-refractivity contribution >= 4 is 11.3 Å². The molecule has 1 aromatic heterocycles. The average Bonchev–Trinajstić information content (AvgIpc) is 2.87. The van der Waals surface area contributed by atoms with Gasteiger partial charge in [0.1, 0.15) is 5.01 Å². The zero-order valence-electron chi connectivity index (χ0n) is 8.52. The van der Waals surface area contributed by atoms with E-state index >= 15 is 0 Å². The molecule has 0 radical (unpaired) electrons. The van der Waals surface area contributed by atoms with E-state index in [2.05, 4.69) is 16.8 Å². The average molecular weight is 211 g/mol. The molecule has 0 bridgehead atoms. The fourth-order valence-corrected chi connectivity index (χ4v) is 2.92. The molecule has 2 heterocycles. The van der Waals surface area contributed by atoms with E-state index in [1.54, 1.807) is 11.3 Å². The maximum atomic E-state index is 5.76. The lowest BCUT2D eigenvalue weighted by Crippen LogP contribution is -2.37. The Morgan fingerprint density at radius 3 is 3.29 bits per heavy atom. The van der Waals surface area contributed by atoms with Gasteiger partial charge in [-0.15, -0.1) is 11.3 Å². The number of likely N-dealkylation sites (tertiary alicyclic amines) is 1. The first kappa shape index (κ1) is 10.1. The van der Waals surface area contributed by atoms with E-state index in [1.165, 1.54) is 24.4 Å². The van der Waals surface area contributed by atoms with Crippen LogP contribution in [0.15, 0.2) is 11.6 Å². The van der Waals surface area contributed by atoms with Gasteiger partial charge >= 0.3 is 0 Å². The van der Waals surface area contributed by atoms with Crippen LogP contribution in [-0.2, 0) is 0 Å². The predicted octanol–water partition coefficient (Wildman–Crippen LogP) is 1.63. The Morgan fingerprint density at radius 1 is 1.79 bits per heavy atom. The second-order valence-corrected chi connectivity index (χ2v) is 4.74. The molecule has 1 saturated heterocycles. The molecule has 78 valence electrons. The van der Waals surface area contributed by atoms with Crippen molar-refractivity contribution in [2.45, 2.75) is 31.8 Å². The minimum Gasteiger partial charge on any atom is -0.329 e. The van der Waals surface area contributed by atoms with Crippen molar-refractivity contribution in [1.82, 2.24) is 9.88 Å². The maximum absolute atomic E-state index is 5.76. The largest absolute Gasteiger partial charge is 0.329 e. The number of thiazole rings is 1. The van der Waals surface area contributed by atoms with Crippen LogP contribution in [0.4, 0.5) is 0 Å². The summed E-state index contributed by atoms with van der Waals surface area (Å²) in [5, 5.41) is 3.25. The summed E-state index contributed by atoms with van der Waals surface area (Å²) in [6.45, 7) is 4.17. The van der Waals surface area contributed by atoms with Crippen LogP contribution in [0.5, 0.6) is 0 Å². The third-order valence-electron chi connectivity index (χ3n) is 3.00. The van der Waals surface area contributed by atoms with E-state index < -0.39 is 0 Å². The van der Waals surface area contributed by atoms with E-state index in [-0.39, 0.29) is 0 Å². The highest BCUT2D eigenvalue weighted by Gasteiger charge is 2.28. The molecule has 0 saturated carbocycles. The molecule has 2 rings (SSSR count). The summed E-state index contributed by atoms with van der Waals surface area (Å²) in [6, 6.07) is 1.000. The minimum absolute atomic E-state index is 0.436. The summed E-state index contributed by atoms with van der Waals surface area (Å²) in [6.07, 6.45) is 4.40. The quantitative estimate of drug-likeness (QED) is 0.826. The van der Waals surface area contributed by atoms with Crippen molar-refractivity contribution in [2.75, 3.05) is 13.1 Å². The molecule has 14 heavy (non-hydrogen) atoms. The molecule has 1 aromatic rings. The van der Waals surface area contributed by atoms with E-state index in [9.17, 15) is 0 Å². The van der Waals surface area contributed by atoms with Gasteiger partial charge in [0.05, 0.1) is 6.04 Å². The third-order valence-corrected chi connectivity index (χ3v) is 3.95. The number of hydrogen-bond donors (Lipinski definition) is 1. The van der Waals surface area contributed by atoms with Gasteiger partial charge in [0.2, 0.25) is 0 Å². The Labute approximate surface area is 88.9 Å². The molecule has 4 heteroatoms. The topological polar surface area (TPSA) is 42.2 Å². The molecule has 1 fully saturated rings. The zero-order chi connectivity index (χ0) is 9.97. The number of hydrogen-bond acceptors (Lipinski definition) is 4. The maximum Gasteiger partial charge on any atom is 0.109 e. The standard InChI is InChI=1S/C10H17N3S/c1-8(10-12-4-6-14-10)13-5-2-3-9(13)7-11/h4,6,8-9H,2-3,5,7,11H2,1H3/t8-,9-/m1/s1. The Bertz CT molecular complexity index is 273. The molecule has 1 aliphatic rings. The van der Waals surface area contributed by atoms with Crippen molar-refractivity contribution in [3.05, 3.63) is 16.6 Å². The van der Waals surface area contributed by atoms with E-state index in [1.807, 2.05) is 11.6 Å². The highest BCUT2D eigenvalue weighted by atomic mass is 32.1. The summed E-state index contributed by atoms with van der Waals surface area (Å²) in [5.74, 6) is 0. The lowest BCUT2D eigenvalue weighted by Gasteiger charge is -2.28. The third kappa shape index (κ3) is 1.82. The summed E-state index contributed by atoms with van der Waals surface area (Å²) >= 11 is 1.74. The van der Waals surface area contributed by atoms with E-state index in [0.717, 1.165) is 6.54 Å². The van der Waals surface area contributed by atoms with Crippen LogP contribution in [0, 0.1) is 0 Å². The first-order chi connectivity index (χ1) is 6.83. The molecule has 0 aliphatic carbocycles. The SMILES string of the molecule is C[C@H](c1nccs1)N1CCC[C@@H]1CN. The summed E-state index contributed by atoms with van der Waals surface area (Å²) in [7, 11) is 0. The Balaban J connectivity index is 2.07. The summed E-state index contributed by atoms with van der Waals surface area (Å²) < 4.78 is 0. The molecule has 0 amide bonds. The van der Waals surface area contributed by atoms with Crippen LogP contribution < -0.4 is 5.73 Å². The Kier molecular flexibility index (Phi) is 3.15. The molecule has 0 spiro atoms. The number of aromatic nitrogens is 1. The Hall–Kier alpha value is -0.450. The lowest BCUT2D eigenvalue weighted by atomic mass is 10.2. The normalized spacial score (nSPS) is 25.4. The van der Waals surface area contributed by atoms with Crippen LogP contribution in [0.2, 0.25) is 0 Å². The Morgan fingerprint density at radius 2 is 2.64 bits per heavy atom.